The lowest BCUT2D eigenvalue weighted by molar-refractivity contribution is 0.440. The topological polar surface area (TPSA) is 35.0 Å². The van der Waals surface area contributed by atoms with Gasteiger partial charge >= 0.3 is 6.01 Å². The first-order chi connectivity index (χ1) is 8.60. The molecule has 0 amide bonds. The fourth-order valence-electron chi connectivity index (χ4n) is 1.54. The van der Waals surface area contributed by atoms with E-state index in [4.69, 9.17) is 16.3 Å². The molecule has 0 N–H and O–H groups in total. The van der Waals surface area contributed by atoms with Gasteiger partial charge in [-0.15, -0.1) is 0 Å². The molecule has 2 rings (SSSR count). The van der Waals surface area contributed by atoms with E-state index in [0.29, 0.717) is 11.8 Å². The van der Waals surface area contributed by atoms with Crippen molar-refractivity contribution in [3.05, 3.63) is 46.2 Å². The zero-order chi connectivity index (χ0) is 13.1. The van der Waals surface area contributed by atoms with Crippen molar-refractivity contribution in [2.45, 2.75) is 19.2 Å². The molecule has 1 aromatic heterocycles. The summed E-state index contributed by atoms with van der Waals surface area (Å²) in [6.45, 7) is 3.88. The van der Waals surface area contributed by atoms with E-state index in [-0.39, 0.29) is 0 Å². The summed E-state index contributed by atoms with van der Waals surface area (Å²) < 4.78 is 5.60. The molecule has 0 radical (unpaired) electrons. The predicted molar refractivity (Wildman–Crippen MR) is 75.7 cm³/mol. The Morgan fingerprint density at radius 2 is 1.72 bits per heavy atom. The highest BCUT2D eigenvalue weighted by atomic mass is 79.9. The van der Waals surface area contributed by atoms with Crippen LogP contribution in [0.4, 0.5) is 0 Å². The SMILES string of the molecule is Cc1cc(Oc2ncc(CBr)cn2)cc(C)c1Cl. The monoisotopic (exact) mass is 326 g/mol. The molecule has 0 saturated heterocycles. The molecular formula is C13H12BrClN2O. The fourth-order valence-corrected chi connectivity index (χ4v) is 1.93. The van der Waals surface area contributed by atoms with E-state index >= 15 is 0 Å². The average molecular weight is 328 g/mol. The second-order valence-electron chi connectivity index (χ2n) is 3.98. The molecule has 0 atom stereocenters. The van der Waals surface area contributed by atoms with Crippen molar-refractivity contribution in [2.75, 3.05) is 0 Å². The van der Waals surface area contributed by atoms with Gasteiger partial charge in [0.15, 0.2) is 0 Å². The summed E-state index contributed by atoms with van der Waals surface area (Å²) in [5, 5.41) is 1.49. The highest BCUT2D eigenvalue weighted by molar-refractivity contribution is 9.08. The van der Waals surface area contributed by atoms with Gasteiger partial charge in [-0.3, -0.25) is 0 Å². The number of halogens is 2. The van der Waals surface area contributed by atoms with Gasteiger partial charge in [-0.1, -0.05) is 27.5 Å². The molecule has 0 fully saturated rings. The first-order valence-corrected chi connectivity index (χ1v) is 6.91. The van der Waals surface area contributed by atoms with Crippen molar-refractivity contribution < 1.29 is 4.74 Å². The van der Waals surface area contributed by atoms with Crippen LogP contribution in [0.15, 0.2) is 24.5 Å². The van der Waals surface area contributed by atoms with Gasteiger partial charge in [0.1, 0.15) is 5.75 Å². The summed E-state index contributed by atoms with van der Waals surface area (Å²) >= 11 is 9.44. The Bertz CT molecular complexity index is 534. The summed E-state index contributed by atoms with van der Waals surface area (Å²) in [7, 11) is 0. The molecule has 0 unspecified atom stereocenters. The lowest BCUT2D eigenvalue weighted by atomic mass is 10.1. The summed E-state index contributed by atoms with van der Waals surface area (Å²) in [6.07, 6.45) is 3.46. The van der Waals surface area contributed by atoms with Crippen LogP contribution >= 0.6 is 27.5 Å². The normalized spacial score (nSPS) is 10.4. The fraction of sp³-hybridized carbons (Fsp3) is 0.231. The van der Waals surface area contributed by atoms with Gasteiger partial charge in [-0.25, -0.2) is 9.97 Å². The lowest BCUT2D eigenvalue weighted by Gasteiger charge is -2.08. The van der Waals surface area contributed by atoms with Crippen LogP contribution in [-0.2, 0) is 5.33 Å². The van der Waals surface area contributed by atoms with Crippen LogP contribution < -0.4 is 4.74 Å². The molecule has 5 heteroatoms. The van der Waals surface area contributed by atoms with Crippen molar-refractivity contribution in [2.24, 2.45) is 0 Å². The van der Waals surface area contributed by atoms with E-state index in [0.717, 1.165) is 27.0 Å². The predicted octanol–water partition coefficient (Wildman–Crippen LogP) is 4.43. The maximum atomic E-state index is 6.10. The van der Waals surface area contributed by atoms with E-state index in [2.05, 4.69) is 25.9 Å². The molecule has 18 heavy (non-hydrogen) atoms. The number of aromatic nitrogens is 2. The Morgan fingerprint density at radius 1 is 1.17 bits per heavy atom. The van der Waals surface area contributed by atoms with E-state index in [1.165, 1.54) is 0 Å². The van der Waals surface area contributed by atoms with Crippen molar-refractivity contribution in [1.29, 1.82) is 0 Å². The molecule has 94 valence electrons. The molecule has 0 aliphatic rings. The number of hydrogen-bond acceptors (Lipinski definition) is 3. The highest BCUT2D eigenvalue weighted by Gasteiger charge is 2.06. The Morgan fingerprint density at radius 3 is 2.22 bits per heavy atom. The Labute approximate surface area is 119 Å². The van der Waals surface area contributed by atoms with Crippen LogP contribution in [0.3, 0.4) is 0 Å². The van der Waals surface area contributed by atoms with Gasteiger partial charge in [-0.05, 0) is 42.7 Å². The molecular weight excluding hydrogens is 316 g/mol. The number of rotatable bonds is 3. The average Bonchev–Trinajstić information content (AvgIpc) is 2.37. The largest absolute Gasteiger partial charge is 0.424 e. The van der Waals surface area contributed by atoms with Crippen molar-refractivity contribution >= 4 is 27.5 Å². The zero-order valence-electron chi connectivity index (χ0n) is 10.1. The van der Waals surface area contributed by atoms with Crippen molar-refractivity contribution in [3.63, 3.8) is 0 Å². The summed E-state index contributed by atoms with van der Waals surface area (Å²) in [4.78, 5) is 8.26. The van der Waals surface area contributed by atoms with Gasteiger partial charge in [0.25, 0.3) is 0 Å². The van der Waals surface area contributed by atoms with Gasteiger partial charge in [-0.2, -0.15) is 0 Å². The minimum atomic E-state index is 0.334. The standard InChI is InChI=1S/C13H12BrClN2O/c1-8-3-11(4-9(2)12(8)15)18-13-16-6-10(5-14)7-17-13/h3-4,6-7H,5H2,1-2H3. The maximum absolute atomic E-state index is 6.10. The number of ether oxygens (including phenoxy) is 1. The van der Waals surface area contributed by atoms with Gasteiger partial charge in [0.2, 0.25) is 0 Å². The maximum Gasteiger partial charge on any atom is 0.321 e. The van der Waals surface area contributed by atoms with Crippen LogP contribution in [0, 0.1) is 13.8 Å². The van der Waals surface area contributed by atoms with Crippen LogP contribution in [0.2, 0.25) is 5.02 Å². The zero-order valence-corrected chi connectivity index (χ0v) is 12.4. The minimum absolute atomic E-state index is 0.334. The molecule has 0 spiro atoms. The van der Waals surface area contributed by atoms with Crippen LogP contribution in [0.5, 0.6) is 11.8 Å². The summed E-state index contributed by atoms with van der Waals surface area (Å²) in [5.74, 6) is 0.695. The first-order valence-electron chi connectivity index (χ1n) is 5.41. The molecule has 2 aromatic rings. The Balaban J connectivity index is 2.23. The third-order valence-corrected chi connectivity index (χ3v) is 3.70. The number of alkyl halides is 1. The third-order valence-electron chi connectivity index (χ3n) is 2.46. The molecule has 1 aromatic carbocycles. The summed E-state index contributed by atoms with van der Waals surface area (Å²) in [5.41, 5.74) is 2.96. The molecule has 0 bridgehead atoms. The minimum Gasteiger partial charge on any atom is -0.424 e. The number of aryl methyl sites for hydroxylation is 2. The van der Waals surface area contributed by atoms with E-state index < -0.39 is 0 Å². The molecule has 0 aliphatic carbocycles. The van der Waals surface area contributed by atoms with E-state index in [1.54, 1.807) is 12.4 Å². The second-order valence-corrected chi connectivity index (χ2v) is 4.92. The Hall–Kier alpha value is -1.13. The second kappa shape index (κ2) is 5.67. The van der Waals surface area contributed by atoms with Crippen LogP contribution in [-0.4, -0.2) is 9.97 Å². The highest BCUT2D eigenvalue weighted by Crippen LogP contribution is 2.27. The smallest absolute Gasteiger partial charge is 0.321 e. The van der Waals surface area contributed by atoms with E-state index in [9.17, 15) is 0 Å². The van der Waals surface area contributed by atoms with Crippen LogP contribution in [0.1, 0.15) is 16.7 Å². The molecule has 0 aliphatic heterocycles. The van der Waals surface area contributed by atoms with Crippen molar-refractivity contribution in [3.8, 4) is 11.8 Å². The Kier molecular flexibility index (Phi) is 4.19. The van der Waals surface area contributed by atoms with Crippen molar-refractivity contribution in [1.82, 2.24) is 9.97 Å². The molecule has 3 nitrogen and oxygen atoms in total. The van der Waals surface area contributed by atoms with E-state index in [1.807, 2.05) is 26.0 Å². The van der Waals surface area contributed by atoms with Crippen LogP contribution in [0.25, 0.3) is 0 Å². The van der Waals surface area contributed by atoms with Gasteiger partial charge in [0.05, 0.1) is 0 Å². The summed E-state index contributed by atoms with van der Waals surface area (Å²) in [6, 6.07) is 4.08. The number of benzene rings is 1. The molecule has 1 heterocycles. The lowest BCUT2D eigenvalue weighted by Crippen LogP contribution is -1.94. The third kappa shape index (κ3) is 3.00. The number of nitrogens with zero attached hydrogens (tertiary/aromatic N) is 2. The number of hydrogen-bond donors (Lipinski definition) is 0. The van der Waals surface area contributed by atoms with Gasteiger partial charge < -0.3 is 4.74 Å². The first kappa shape index (κ1) is 13.3. The van der Waals surface area contributed by atoms with Gasteiger partial charge in [0, 0.05) is 22.7 Å². The quantitative estimate of drug-likeness (QED) is 0.782. The molecule has 0 saturated carbocycles.